The van der Waals surface area contributed by atoms with Crippen molar-refractivity contribution >= 4 is 0 Å². The van der Waals surface area contributed by atoms with Crippen molar-refractivity contribution in [1.29, 1.82) is 5.26 Å². The van der Waals surface area contributed by atoms with Crippen molar-refractivity contribution < 1.29 is 14.0 Å². The predicted molar refractivity (Wildman–Crippen MR) is 111 cm³/mol. The summed E-state index contributed by atoms with van der Waals surface area (Å²) in [7, 11) is 0. The predicted octanol–water partition coefficient (Wildman–Crippen LogP) is 4.39. The monoisotopic (exact) mass is 414 g/mol. The Kier molecular flexibility index (Phi) is 4.27. The molecule has 2 aromatic carbocycles. The highest BCUT2D eigenvalue weighted by Crippen LogP contribution is 2.47. The van der Waals surface area contributed by atoms with Crippen molar-refractivity contribution in [2.75, 3.05) is 0 Å². The molecule has 2 atom stereocenters. The van der Waals surface area contributed by atoms with E-state index in [1.165, 1.54) is 6.07 Å². The van der Waals surface area contributed by atoms with Gasteiger partial charge in [-0.05, 0) is 43.2 Å². The van der Waals surface area contributed by atoms with Crippen molar-refractivity contribution in [3.63, 3.8) is 0 Å². The molecule has 1 aliphatic rings. The van der Waals surface area contributed by atoms with Gasteiger partial charge in [0.1, 0.15) is 17.2 Å². The first-order valence-corrected chi connectivity index (χ1v) is 9.90. The lowest BCUT2D eigenvalue weighted by Gasteiger charge is -2.24. The molecule has 0 fully saturated rings. The van der Waals surface area contributed by atoms with Gasteiger partial charge in [-0.3, -0.25) is 0 Å². The van der Waals surface area contributed by atoms with Gasteiger partial charge in [0.25, 0.3) is 0 Å². The van der Waals surface area contributed by atoms with Crippen LogP contribution in [0.15, 0.2) is 59.5 Å². The van der Waals surface area contributed by atoms with Gasteiger partial charge in [0.2, 0.25) is 0 Å². The van der Waals surface area contributed by atoms with E-state index in [4.69, 9.17) is 9.78 Å². The number of rotatable bonds is 3. The lowest BCUT2D eigenvalue weighted by Crippen LogP contribution is -2.24. The maximum atomic E-state index is 14.8. The molecule has 2 unspecified atom stereocenters. The molecule has 31 heavy (non-hydrogen) atoms. The van der Waals surface area contributed by atoms with E-state index in [1.54, 1.807) is 29.2 Å². The Morgan fingerprint density at radius 1 is 1.26 bits per heavy atom. The van der Waals surface area contributed by atoms with Crippen LogP contribution in [0.4, 0.5) is 4.39 Å². The second-order valence-electron chi connectivity index (χ2n) is 7.89. The van der Waals surface area contributed by atoms with Crippen LogP contribution in [-0.2, 0) is 5.60 Å². The smallest absolute Gasteiger partial charge is 0.141 e. The van der Waals surface area contributed by atoms with Crippen LogP contribution in [0.25, 0.3) is 11.1 Å². The minimum Gasteiger partial charge on any atom is -0.379 e. The molecule has 0 saturated carbocycles. The first-order chi connectivity index (χ1) is 14.9. The van der Waals surface area contributed by atoms with E-state index in [9.17, 15) is 9.50 Å². The molecular formula is C24H19FN4O2. The minimum atomic E-state index is -1.35. The molecule has 0 spiro atoms. The van der Waals surface area contributed by atoms with Gasteiger partial charge >= 0.3 is 0 Å². The normalized spacial score (nSPS) is 19.9. The fraction of sp³-hybridized carbons (Fsp3) is 0.208. The summed E-state index contributed by atoms with van der Waals surface area (Å²) in [6.07, 6.45) is 3.47. The van der Waals surface area contributed by atoms with E-state index in [-0.39, 0.29) is 12.0 Å². The van der Waals surface area contributed by atoms with Crippen molar-refractivity contribution in [3.8, 4) is 17.2 Å². The summed E-state index contributed by atoms with van der Waals surface area (Å²) < 4.78 is 21.9. The third kappa shape index (κ3) is 2.87. The highest BCUT2D eigenvalue weighted by molar-refractivity contribution is 5.68. The lowest BCUT2D eigenvalue weighted by atomic mass is 9.85. The Morgan fingerprint density at radius 2 is 2.10 bits per heavy atom. The fourth-order valence-corrected chi connectivity index (χ4v) is 4.58. The number of imidazole rings is 1. The molecule has 0 saturated heterocycles. The molecule has 1 N–H and O–H groups in total. The maximum absolute atomic E-state index is 14.8. The highest BCUT2D eigenvalue weighted by Gasteiger charge is 2.45. The van der Waals surface area contributed by atoms with Crippen LogP contribution in [0.2, 0.25) is 0 Å². The summed E-state index contributed by atoms with van der Waals surface area (Å²) in [5, 5.41) is 24.9. The number of fused-ring (bicyclic) bond motifs is 1. The summed E-state index contributed by atoms with van der Waals surface area (Å²) in [6.45, 7) is 3.73. The van der Waals surface area contributed by atoms with E-state index < -0.39 is 17.5 Å². The van der Waals surface area contributed by atoms with E-state index in [1.807, 2.05) is 44.2 Å². The van der Waals surface area contributed by atoms with E-state index >= 15 is 0 Å². The SMILES string of the molecule is Cc1noc(C)c1-c1cccc(C2(O)CC(c3ccc(C#N)cc3F)n3cncc32)c1. The summed E-state index contributed by atoms with van der Waals surface area (Å²) in [4.78, 5) is 4.21. The quantitative estimate of drug-likeness (QED) is 0.537. The fourth-order valence-electron chi connectivity index (χ4n) is 4.58. The average Bonchev–Trinajstić information content (AvgIpc) is 3.45. The molecule has 6 nitrogen and oxygen atoms in total. The summed E-state index contributed by atoms with van der Waals surface area (Å²) in [5.41, 5.74) is 3.16. The first-order valence-electron chi connectivity index (χ1n) is 9.90. The Balaban J connectivity index is 1.60. The molecule has 1 aliphatic heterocycles. The number of nitriles is 1. The maximum Gasteiger partial charge on any atom is 0.141 e. The Hall–Kier alpha value is -3.76. The summed E-state index contributed by atoms with van der Waals surface area (Å²) in [6, 6.07) is 13.5. The second kappa shape index (κ2) is 6.89. The Bertz CT molecular complexity index is 1330. The molecule has 154 valence electrons. The zero-order valence-corrected chi connectivity index (χ0v) is 17.0. The zero-order chi connectivity index (χ0) is 21.8. The van der Waals surface area contributed by atoms with E-state index in [2.05, 4.69) is 10.1 Å². The molecule has 0 bridgehead atoms. The van der Waals surface area contributed by atoms with Crippen molar-refractivity contribution in [1.82, 2.24) is 14.7 Å². The largest absolute Gasteiger partial charge is 0.379 e. The van der Waals surface area contributed by atoms with Crippen molar-refractivity contribution in [2.45, 2.75) is 31.9 Å². The van der Waals surface area contributed by atoms with E-state index in [0.29, 0.717) is 22.6 Å². The van der Waals surface area contributed by atoms with Crippen molar-refractivity contribution in [3.05, 3.63) is 94.6 Å². The first kappa shape index (κ1) is 19.2. The second-order valence-corrected chi connectivity index (χ2v) is 7.89. The molecule has 7 heteroatoms. The Morgan fingerprint density at radius 3 is 2.81 bits per heavy atom. The molecule has 0 radical (unpaired) electrons. The van der Waals surface area contributed by atoms with Crippen LogP contribution >= 0.6 is 0 Å². The minimum absolute atomic E-state index is 0.249. The lowest BCUT2D eigenvalue weighted by molar-refractivity contribution is 0.0793. The summed E-state index contributed by atoms with van der Waals surface area (Å²) >= 11 is 0. The highest BCUT2D eigenvalue weighted by atomic mass is 19.1. The zero-order valence-electron chi connectivity index (χ0n) is 17.0. The number of hydrogen-bond acceptors (Lipinski definition) is 5. The number of benzene rings is 2. The van der Waals surface area contributed by atoms with Crippen LogP contribution in [0.1, 0.15) is 46.3 Å². The summed E-state index contributed by atoms with van der Waals surface area (Å²) in [5.74, 6) is 0.230. The van der Waals surface area contributed by atoms with Crippen molar-refractivity contribution in [2.24, 2.45) is 0 Å². The average molecular weight is 414 g/mol. The molecule has 4 aromatic rings. The number of aryl methyl sites for hydroxylation is 2. The van der Waals surface area contributed by atoms with Gasteiger partial charge < -0.3 is 14.2 Å². The number of halogens is 1. The number of aliphatic hydroxyl groups is 1. The van der Waals surface area contributed by atoms with Gasteiger partial charge in [-0.15, -0.1) is 0 Å². The third-order valence-corrected chi connectivity index (χ3v) is 6.07. The molecule has 2 aromatic heterocycles. The van der Waals surface area contributed by atoms with Crippen LogP contribution in [0.5, 0.6) is 0 Å². The van der Waals surface area contributed by atoms with E-state index in [0.717, 1.165) is 16.8 Å². The van der Waals surface area contributed by atoms with Gasteiger partial charge in [-0.25, -0.2) is 9.37 Å². The number of hydrogen-bond donors (Lipinski definition) is 1. The topological polar surface area (TPSA) is 87.9 Å². The van der Waals surface area contributed by atoms with Crippen LogP contribution < -0.4 is 0 Å². The molecule has 5 rings (SSSR count). The van der Waals surface area contributed by atoms with Crippen LogP contribution in [-0.4, -0.2) is 19.8 Å². The van der Waals surface area contributed by atoms with Gasteiger partial charge in [-0.1, -0.05) is 29.4 Å². The number of aromatic nitrogens is 3. The van der Waals surface area contributed by atoms with Gasteiger partial charge in [0.15, 0.2) is 0 Å². The third-order valence-electron chi connectivity index (χ3n) is 6.07. The van der Waals surface area contributed by atoms with Gasteiger partial charge in [-0.2, -0.15) is 5.26 Å². The van der Waals surface area contributed by atoms with Crippen LogP contribution in [0, 0.1) is 31.0 Å². The molecular weight excluding hydrogens is 395 g/mol. The molecule has 0 amide bonds. The van der Waals surface area contributed by atoms with Crippen LogP contribution in [0.3, 0.4) is 0 Å². The number of nitrogens with zero attached hydrogens (tertiary/aromatic N) is 4. The van der Waals surface area contributed by atoms with Gasteiger partial charge in [0, 0.05) is 17.5 Å². The Labute approximate surface area is 178 Å². The van der Waals surface area contributed by atoms with Gasteiger partial charge in [0.05, 0.1) is 41.6 Å². The standard InChI is InChI=1S/C24H19FN4O2/c1-14-23(15(2)31-28-14)17-4-3-5-18(9-17)24(30)10-21(29-13-27-12-22(24)29)19-7-6-16(11-26)8-20(19)25/h3-9,12-13,21,30H,10H2,1-2H3. The molecule has 0 aliphatic carbocycles. The molecule has 3 heterocycles.